The van der Waals surface area contributed by atoms with Crippen LogP contribution in [0.25, 0.3) is 0 Å². The lowest BCUT2D eigenvalue weighted by Crippen LogP contribution is -2.03. The minimum Gasteiger partial charge on any atom is -0.225 e. The van der Waals surface area contributed by atoms with Gasteiger partial charge in [0.2, 0.25) is 5.95 Å². The highest BCUT2D eigenvalue weighted by Crippen LogP contribution is 2.18. The molecule has 1 aliphatic carbocycles. The number of hydrogen-bond acceptors (Lipinski definition) is 1. The summed E-state index contributed by atoms with van der Waals surface area (Å²) in [4.78, 5) is 3.95. The van der Waals surface area contributed by atoms with Crippen molar-refractivity contribution in [2.75, 3.05) is 0 Å². The summed E-state index contributed by atoms with van der Waals surface area (Å²) >= 11 is 0. The molecule has 0 radical (unpaired) electrons. The second kappa shape index (κ2) is 3.86. The first kappa shape index (κ1) is 8.67. The van der Waals surface area contributed by atoms with Crippen molar-refractivity contribution >= 4 is 0 Å². The minimum atomic E-state index is -0.334. The van der Waals surface area contributed by atoms with Crippen LogP contribution in [-0.2, 0) is 12.8 Å². The fourth-order valence-corrected chi connectivity index (χ4v) is 1.91. The molecule has 0 spiro atoms. The summed E-state index contributed by atoms with van der Waals surface area (Å²) in [7, 11) is 0. The molecule has 70 valence electrons. The van der Waals surface area contributed by atoms with Gasteiger partial charge in [0, 0.05) is 5.69 Å². The molecule has 0 unspecified atom stereocenters. The number of hydrogen-bond donors (Lipinski definition) is 0. The summed E-state index contributed by atoms with van der Waals surface area (Å²) in [6.07, 6.45) is 6.97. The van der Waals surface area contributed by atoms with Crippen molar-refractivity contribution in [1.82, 2.24) is 4.98 Å². The molecule has 0 N–H and O–H groups in total. The molecule has 13 heavy (non-hydrogen) atoms. The summed E-state index contributed by atoms with van der Waals surface area (Å²) in [6.45, 7) is 0. The number of fused-ring (bicyclic) bond motifs is 1. The van der Waals surface area contributed by atoms with Crippen LogP contribution in [-0.4, -0.2) is 4.98 Å². The number of pyridine rings is 1. The predicted molar refractivity (Wildman–Crippen MR) is 50.1 cm³/mol. The summed E-state index contributed by atoms with van der Waals surface area (Å²) in [5.74, 6) is -0.334. The van der Waals surface area contributed by atoms with Gasteiger partial charge < -0.3 is 0 Å². The summed E-state index contributed by atoms with van der Waals surface area (Å²) < 4.78 is 12.8. The van der Waals surface area contributed by atoms with Gasteiger partial charge in [-0.1, -0.05) is 18.9 Å². The van der Waals surface area contributed by atoms with Crippen LogP contribution in [0.4, 0.5) is 4.39 Å². The Labute approximate surface area is 78.0 Å². The van der Waals surface area contributed by atoms with Crippen molar-refractivity contribution in [3.63, 3.8) is 0 Å². The van der Waals surface area contributed by atoms with E-state index in [1.165, 1.54) is 30.9 Å². The second-order valence-electron chi connectivity index (χ2n) is 3.65. The first-order valence-corrected chi connectivity index (χ1v) is 5.00. The Morgan fingerprint density at radius 3 is 2.62 bits per heavy atom. The molecule has 1 aromatic rings. The zero-order chi connectivity index (χ0) is 9.10. The Morgan fingerprint density at radius 2 is 1.77 bits per heavy atom. The predicted octanol–water partition coefficient (Wildman–Crippen LogP) is 2.88. The topological polar surface area (TPSA) is 12.9 Å². The van der Waals surface area contributed by atoms with Gasteiger partial charge >= 0.3 is 0 Å². The number of aryl methyl sites for hydroxylation is 2. The van der Waals surface area contributed by atoms with Crippen LogP contribution in [0.5, 0.6) is 0 Å². The van der Waals surface area contributed by atoms with E-state index in [0.29, 0.717) is 0 Å². The maximum absolute atomic E-state index is 12.8. The Hall–Kier alpha value is -0.920. The highest BCUT2D eigenvalue weighted by molar-refractivity contribution is 5.21. The molecule has 1 aromatic heterocycles. The van der Waals surface area contributed by atoms with E-state index in [9.17, 15) is 4.39 Å². The molecule has 0 bridgehead atoms. The zero-order valence-electron chi connectivity index (χ0n) is 7.72. The fraction of sp³-hybridized carbons (Fsp3) is 0.545. The number of halogens is 1. The van der Waals surface area contributed by atoms with Crippen LogP contribution >= 0.6 is 0 Å². The van der Waals surface area contributed by atoms with Crippen molar-refractivity contribution in [3.8, 4) is 0 Å². The van der Waals surface area contributed by atoms with Crippen molar-refractivity contribution in [3.05, 3.63) is 29.3 Å². The molecular weight excluding hydrogens is 165 g/mol. The van der Waals surface area contributed by atoms with E-state index in [1.807, 2.05) is 6.07 Å². The van der Waals surface area contributed by atoms with Gasteiger partial charge in [-0.25, -0.2) is 4.98 Å². The largest absolute Gasteiger partial charge is 0.225 e. The van der Waals surface area contributed by atoms with E-state index in [-0.39, 0.29) is 5.95 Å². The highest BCUT2D eigenvalue weighted by atomic mass is 19.1. The molecule has 2 rings (SSSR count). The Balaban J connectivity index is 2.28. The molecule has 0 fully saturated rings. The third-order valence-corrected chi connectivity index (χ3v) is 2.64. The van der Waals surface area contributed by atoms with Gasteiger partial charge in [-0.05, 0) is 37.3 Å². The first-order valence-electron chi connectivity index (χ1n) is 5.00. The van der Waals surface area contributed by atoms with Gasteiger partial charge in [-0.3, -0.25) is 0 Å². The van der Waals surface area contributed by atoms with E-state index < -0.39 is 0 Å². The molecule has 0 aliphatic heterocycles. The molecule has 0 aromatic carbocycles. The SMILES string of the molecule is Fc1ccc2c(n1)CCCCCC2. The van der Waals surface area contributed by atoms with Gasteiger partial charge in [0.05, 0.1) is 0 Å². The van der Waals surface area contributed by atoms with Gasteiger partial charge in [0.25, 0.3) is 0 Å². The second-order valence-corrected chi connectivity index (χ2v) is 3.65. The Morgan fingerprint density at radius 1 is 1.00 bits per heavy atom. The molecule has 1 heterocycles. The lowest BCUT2D eigenvalue weighted by atomic mass is 9.97. The lowest BCUT2D eigenvalue weighted by Gasteiger charge is -2.11. The molecule has 0 atom stereocenters. The summed E-state index contributed by atoms with van der Waals surface area (Å²) in [5, 5.41) is 0. The van der Waals surface area contributed by atoms with Crippen LogP contribution in [0.2, 0.25) is 0 Å². The summed E-state index contributed by atoms with van der Waals surface area (Å²) in [6, 6.07) is 3.36. The third kappa shape index (κ3) is 2.06. The highest BCUT2D eigenvalue weighted by Gasteiger charge is 2.08. The van der Waals surface area contributed by atoms with E-state index in [0.717, 1.165) is 25.0 Å². The van der Waals surface area contributed by atoms with E-state index in [1.54, 1.807) is 0 Å². The van der Waals surface area contributed by atoms with Gasteiger partial charge in [-0.15, -0.1) is 0 Å². The fourth-order valence-electron chi connectivity index (χ4n) is 1.91. The Kier molecular flexibility index (Phi) is 2.57. The van der Waals surface area contributed by atoms with E-state index in [2.05, 4.69) is 4.98 Å². The van der Waals surface area contributed by atoms with Crippen molar-refractivity contribution in [1.29, 1.82) is 0 Å². The number of rotatable bonds is 0. The van der Waals surface area contributed by atoms with Crippen molar-refractivity contribution in [2.45, 2.75) is 38.5 Å². The Bertz CT molecular complexity index is 296. The minimum absolute atomic E-state index is 0.334. The lowest BCUT2D eigenvalue weighted by molar-refractivity contribution is 0.556. The van der Waals surface area contributed by atoms with Crippen LogP contribution in [0.3, 0.4) is 0 Å². The monoisotopic (exact) mass is 179 g/mol. The standard InChI is InChI=1S/C11H14FN/c12-11-8-7-9-5-3-1-2-4-6-10(9)13-11/h7-8H,1-6H2. The number of aromatic nitrogens is 1. The van der Waals surface area contributed by atoms with E-state index >= 15 is 0 Å². The molecule has 1 aliphatic rings. The average molecular weight is 179 g/mol. The molecule has 0 amide bonds. The van der Waals surface area contributed by atoms with Crippen LogP contribution in [0.1, 0.15) is 36.9 Å². The van der Waals surface area contributed by atoms with Gasteiger partial charge in [0.15, 0.2) is 0 Å². The number of nitrogens with zero attached hydrogens (tertiary/aromatic N) is 1. The van der Waals surface area contributed by atoms with Crippen LogP contribution in [0, 0.1) is 5.95 Å². The first-order chi connectivity index (χ1) is 6.36. The van der Waals surface area contributed by atoms with Gasteiger partial charge in [-0.2, -0.15) is 4.39 Å². The summed E-state index contributed by atoms with van der Waals surface area (Å²) in [5.41, 5.74) is 2.24. The third-order valence-electron chi connectivity index (χ3n) is 2.64. The van der Waals surface area contributed by atoms with Gasteiger partial charge in [0.1, 0.15) is 0 Å². The maximum atomic E-state index is 12.8. The van der Waals surface area contributed by atoms with Crippen LogP contribution in [0.15, 0.2) is 12.1 Å². The molecule has 1 nitrogen and oxygen atoms in total. The molecule has 0 saturated carbocycles. The maximum Gasteiger partial charge on any atom is 0.213 e. The average Bonchev–Trinajstić information content (AvgIpc) is 2.08. The molecule has 2 heteroatoms. The smallest absolute Gasteiger partial charge is 0.213 e. The quantitative estimate of drug-likeness (QED) is 0.558. The van der Waals surface area contributed by atoms with Crippen molar-refractivity contribution < 1.29 is 4.39 Å². The molecule has 0 saturated heterocycles. The van der Waals surface area contributed by atoms with Crippen LogP contribution < -0.4 is 0 Å². The normalized spacial score (nSPS) is 17.3. The van der Waals surface area contributed by atoms with Crippen molar-refractivity contribution in [2.24, 2.45) is 0 Å². The molecular formula is C11H14FN. The van der Waals surface area contributed by atoms with E-state index in [4.69, 9.17) is 0 Å². The zero-order valence-corrected chi connectivity index (χ0v) is 7.72.